The fraction of sp³-hybridized carbons (Fsp3) is 0.409. The Labute approximate surface area is 165 Å². The number of likely N-dealkylation sites (tertiary alicyclic amines) is 1. The number of carbonyl (C=O) groups excluding carboxylic acids is 1. The molecule has 1 fully saturated rings. The number of nitrogens with one attached hydrogen (secondary N) is 2. The molecule has 0 unspecified atom stereocenters. The van der Waals surface area contributed by atoms with Crippen LogP contribution in [0.2, 0.25) is 0 Å². The van der Waals surface area contributed by atoms with Crippen molar-refractivity contribution >= 4 is 11.7 Å². The molecule has 0 spiro atoms. The number of ether oxygens (including phenoxy) is 2. The topological polar surface area (TPSA) is 62.8 Å². The van der Waals surface area contributed by atoms with Crippen LogP contribution in [-0.2, 0) is 6.54 Å². The number of anilines is 1. The summed E-state index contributed by atoms with van der Waals surface area (Å²) in [6.45, 7) is 6.94. The minimum atomic E-state index is -0.186. The highest BCUT2D eigenvalue weighted by atomic mass is 16.6. The van der Waals surface area contributed by atoms with Crippen LogP contribution in [0.1, 0.15) is 17.5 Å². The second kappa shape index (κ2) is 8.52. The lowest BCUT2D eigenvalue weighted by Gasteiger charge is -2.19. The minimum absolute atomic E-state index is 0.186. The highest BCUT2D eigenvalue weighted by molar-refractivity contribution is 5.89. The van der Waals surface area contributed by atoms with Gasteiger partial charge in [-0.3, -0.25) is 4.90 Å². The first-order chi connectivity index (χ1) is 13.7. The average molecular weight is 381 g/mol. The van der Waals surface area contributed by atoms with Crippen LogP contribution in [-0.4, -0.2) is 43.8 Å². The van der Waals surface area contributed by atoms with E-state index < -0.39 is 0 Å². The van der Waals surface area contributed by atoms with Gasteiger partial charge in [-0.25, -0.2) is 4.79 Å². The van der Waals surface area contributed by atoms with E-state index in [1.54, 1.807) is 6.07 Å². The molecule has 2 heterocycles. The van der Waals surface area contributed by atoms with E-state index in [4.69, 9.17) is 9.47 Å². The molecule has 1 atom stereocenters. The summed E-state index contributed by atoms with van der Waals surface area (Å²) in [4.78, 5) is 14.7. The van der Waals surface area contributed by atoms with Gasteiger partial charge in [0.05, 0.1) is 0 Å². The van der Waals surface area contributed by atoms with Gasteiger partial charge >= 0.3 is 6.03 Å². The summed E-state index contributed by atoms with van der Waals surface area (Å²) in [6.07, 6.45) is 1.11. The fourth-order valence-corrected chi connectivity index (χ4v) is 3.71. The third-order valence-corrected chi connectivity index (χ3v) is 5.25. The lowest BCUT2D eigenvalue weighted by atomic mass is 10.1. The van der Waals surface area contributed by atoms with Gasteiger partial charge in [0, 0.05) is 31.4 Å². The number of nitrogens with zero attached hydrogens (tertiary/aromatic N) is 1. The zero-order valence-electron chi connectivity index (χ0n) is 16.2. The number of fused-ring (bicyclic) bond motifs is 1. The first kappa shape index (κ1) is 18.6. The lowest BCUT2D eigenvalue weighted by molar-refractivity contribution is 0.171. The molecule has 0 radical (unpaired) electrons. The molecular weight excluding hydrogens is 354 g/mol. The van der Waals surface area contributed by atoms with Crippen molar-refractivity contribution in [3.63, 3.8) is 0 Å². The van der Waals surface area contributed by atoms with Gasteiger partial charge in [0.15, 0.2) is 11.5 Å². The second-order valence-corrected chi connectivity index (χ2v) is 7.57. The molecular formula is C22H27N3O3. The van der Waals surface area contributed by atoms with Gasteiger partial charge in [-0.05, 0) is 43.5 Å². The Balaban J connectivity index is 1.21. The number of hydrogen-bond acceptors (Lipinski definition) is 4. The number of rotatable bonds is 5. The van der Waals surface area contributed by atoms with Gasteiger partial charge in [-0.15, -0.1) is 0 Å². The number of hydrogen-bond donors (Lipinski definition) is 2. The van der Waals surface area contributed by atoms with Crippen LogP contribution >= 0.6 is 0 Å². The molecule has 28 heavy (non-hydrogen) atoms. The van der Waals surface area contributed by atoms with Crippen LogP contribution in [0.15, 0.2) is 42.5 Å². The Bertz CT molecular complexity index is 822. The molecule has 0 aliphatic carbocycles. The maximum Gasteiger partial charge on any atom is 0.319 e. The van der Waals surface area contributed by atoms with Crippen LogP contribution in [0.3, 0.4) is 0 Å². The SMILES string of the molecule is Cc1ccc(CN2CC[C@H](CNC(=O)Nc3ccc4c(c3)OCCO4)C2)cc1. The van der Waals surface area contributed by atoms with Crippen molar-refractivity contribution in [2.24, 2.45) is 5.92 Å². The van der Waals surface area contributed by atoms with E-state index in [-0.39, 0.29) is 6.03 Å². The smallest absolute Gasteiger partial charge is 0.319 e. The Hall–Kier alpha value is -2.73. The first-order valence-corrected chi connectivity index (χ1v) is 9.88. The molecule has 2 aliphatic heterocycles. The van der Waals surface area contributed by atoms with Crippen molar-refractivity contribution in [3.05, 3.63) is 53.6 Å². The minimum Gasteiger partial charge on any atom is -0.486 e. The van der Waals surface area contributed by atoms with E-state index in [1.807, 2.05) is 12.1 Å². The molecule has 0 bridgehead atoms. The van der Waals surface area contributed by atoms with Crippen LogP contribution in [0.25, 0.3) is 0 Å². The van der Waals surface area contributed by atoms with Gasteiger partial charge < -0.3 is 20.1 Å². The summed E-state index contributed by atoms with van der Waals surface area (Å²) in [5, 5.41) is 5.87. The zero-order valence-corrected chi connectivity index (χ0v) is 16.2. The van der Waals surface area contributed by atoms with Crippen LogP contribution in [0.5, 0.6) is 11.5 Å². The summed E-state index contributed by atoms with van der Waals surface area (Å²) in [5.74, 6) is 1.87. The van der Waals surface area contributed by atoms with Crippen molar-refractivity contribution in [3.8, 4) is 11.5 Å². The van der Waals surface area contributed by atoms with Crippen molar-refractivity contribution in [1.82, 2.24) is 10.2 Å². The van der Waals surface area contributed by atoms with Crippen molar-refractivity contribution in [1.29, 1.82) is 0 Å². The molecule has 0 aromatic heterocycles. The van der Waals surface area contributed by atoms with Gasteiger partial charge in [0.2, 0.25) is 0 Å². The number of urea groups is 1. The van der Waals surface area contributed by atoms with E-state index in [0.29, 0.717) is 37.1 Å². The van der Waals surface area contributed by atoms with Gasteiger partial charge in [-0.1, -0.05) is 29.8 Å². The molecule has 2 aromatic carbocycles. The molecule has 1 saturated heterocycles. The summed E-state index contributed by atoms with van der Waals surface area (Å²) in [7, 11) is 0. The highest BCUT2D eigenvalue weighted by Gasteiger charge is 2.23. The van der Waals surface area contributed by atoms with Gasteiger partial charge in [0.25, 0.3) is 0 Å². The zero-order chi connectivity index (χ0) is 19.3. The number of amides is 2. The predicted molar refractivity (Wildman–Crippen MR) is 109 cm³/mol. The van der Waals surface area contributed by atoms with Gasteiger partial charge in [0.1, 0.15) is 13.2 Å². The maximum atomic E-state index is 12.2. The molecule has 2 amide bonds. The van der Waals surface area contributed by atoms with E-state index in [0.717, 1.165) is 31.8 Å². The maximum absolute atomic E-state index is 12.2. The summed E-state index contributed by atoms with van der Waals surface area (Å²) in [5.41, 5.74) is 3.33. The van der Waals surface area contributed by atoms with Crippen molar-refractivity contribution in [2.75, 3.05) is 38.2 Å². The molecule has 6 heteroatoms. The molecule has 148 valence electrons. The molecule has 2 aliphatic rings. The van der Waals surface area contributed by atoms with E-state index in [1.165, 1.54) is 11.1 Å². The Morgan fingerprint density at radius 1 is 1.11 bits per heavy atom. The average Bonchev–Trinajstić information content (AvgIpc) is 3.15. The summed E-state index contributed by atoms with van der Waals surface area (Å²) in [6, 6.07) is 14.0. The summed E-state index contributed by atoms with van der Waals surface area (Å²) >= 11 is 0. The fourth-order valence-electron chi connectivity index (χ4n) is 3.71. The van der Waals surface area contributed by atoms with Crippen molar-refractivity contribution < 1.29 is 14.3 Å². The Kier molecular flexibility index (Phi) is 5.67. The number of carbonyl (C=O) groups is 1. The largest absolute Gasteiger partial charge is 0.486 e. The third kappa shape index (κ3) is 4.75. The molecule has 0 saturated carbocycles. The molecule has 6 nitrogen and oxygen atoms in total. The number of benzene rings is 2. The highest BCUT2D eigenvalue weighted by Crippen LogP contribution is 2.32. The van der Waals surface area contributed by atoms with Crippen LogP contribution < -0.4 is 20.1 Å². The van der Waals surface area contributed by atoms with Crippen molar-refractivity contribution in [2.45, 2.75) is 19.9 Å². The lowest BCUT2D eigenvalue weighted by Crippen LogP contribution is -2.34. The van der Waals surface area contributed by atoms with E-state index >= 15 is 0 Å². The number of aryl methyl sites for hydroxylation is 1. The predicted octanol–water partition coefficient (Wildman–Crippen LogP) is 3.41. The van der Waals surface area contributed by atoms with Gasteiger partial charge in [-0.2, -0.15) is 0 Å². The Morgan fingerprint density at radius 2 is 1.89 bits per heavy atom. The van der Waals surface area contributed by atoms with Crippen LogP contribution in [0, 0.1) is 12.8 Å². The third-order valence-electron chi connectivity index (χ3n) is 5.25. The summed E-state index contributed by atoms with van der Waals surface area (Å²) < 4.78 is 11.1. The quantitative estimate of drug-likeness (QED) is 0.833. The monoisotopic (exact) mass is 381 g/mol. The standard InChI is InChI=1S/C22H27N3O3/c1-16-2-4-17(5-3-16)14-25-9-8-18(15-25)13-23-22(26)24-19-6-7-20-21(12-19)28-11-10-27-20/h2-7,12,18H,8-11,13-15H2,1H3,(H2,23,24,26)/t18-/m1/s1. The Morgan fingerprint density at radius 3 is 2.71 bits per heavy atom. The normalized spacial score (nSPS) is 18.7. The van der Waals surface area contributed by atoms with Crippen LogP contribution in [0.4, 0.5) is 10.5 Å². The molecule has 4 rings (SSSR count). The molecule has 2 aromatic rings. The van der Waals surface area contributed by atoms with E-state index in [9.17, 15) is 4.79 Å². The molecule has 2 N–H and O–H groups in total. The second-order valence-electron chi connectivity index (χ2n) is 7.57. The first-order valence-electron chi connectivity index (χ1n) is 9.88. The van der Waals surface area contributed by atoms with E-state index in [2.05, 4.69) is 46.7 Å².